The van der Waals surface area contributed by atoms with E-state index in [0.717, 1.165) is 0 Å². The molecule has 1 rings (SSSR count). The van der Waals surface area contributed by atoms with Gasteiger partial charge in [-0.1, -0.05) is 13.8 Å². The Hall–Kier alpha value is -0.0800. The molecule has 0 aromatic rings. The van der Waals surface area contributed by atoms with Crippen molar-refractivity contribution in [3.05, 3.63) is 0 Å². The number of rotatable bonds is 2. The van der Waals surface area contributed by atoms with Gasteiger partial charge in [0.1, 0.15) is 5.78 Å². The van der Waals surface area contributed by atoms with Crippen molar-refractivity contribution >= 4 is 18.2 Å². The molecule has 66 valence electrons. The van der Waals surface area contributed by atoms with E-state index in [1.54, 1.807) is 0 Å². The predicted octanol–water partition coefficient (Wildman–Crippen LogP) is 1.37. The van der Waals surface area contributed by atoms with Crippen LogP contribution in [0.3, 0.4) is 0 Å². The first-order valence-corrected chi connectivity index (χ1v) is 3.82. The molecule has 1 aliphatic rings. The molecular weight excluding hydrogens is 162 g/mol. The Morgan fingerprint density at radius 3 is 2.09 bits per heavy atom. The zero-order valence-corrected chi connectivity index (χ0v) is 7.91. The van der Waals surface area contributed by atoms with Gasteiger partial charge >= 0.3 is 0 Å². The second-order valence-electron chi connectivity index (χ2n) is 3.61. The molecular formula is C8H16ClNO. The van der Waals surface area contributed by atoms with Gasteiger partial charge in [-0.2, -0.15) is 0 Å². The van der Waals surface area contributed by atoms with Crippen LogP contribution in [0.2, 0.25) is 0 Å². The minimum Gasteiger partial charge on any atom is -0.330 e. The lowest BCUT2D eigenvalue weighted by Crippen LogP contribution is -2.47. The SMILES string of the molecule is CC(C)C1(CN)CC(=O)C1.Cl. The summed E-state index contributed by atoms with van der Waals surface area (Å²) in [7, 11) is 0. The van der Waals surface area contributed by atoms with Gasteiger partial charge in [0.25, 0.3) is 0 Å². The van der Waals surface area contributed by atoms with Crippen molar-refractivity contribution in [1.82, 2.24) is 0 Å². The molecule has 0 aromatic heterocycles. The van der Waals surface area contributed by atoms with Gasteiger partial charge in [-0.25, -0.2) is 0 Å². The molecule has 0 saturated heterocycles. The maximum Gasteiger partial charge on any atom is 0.134 e. The van der Waals surface area contributed by atoms with Crippen LogP contribution in [-0.2, 0) is 4.79 Å². The van der Waals surface area contributed by atoms with Gasteiger partial charge in [-0.3, -0.25) is 4.79 Å². The van der Waals surface area contributed by atoms with Gasteiger partial charge in [0.05, 0.1) is 0 Å². The fourth-order valence-electron chi connectivity index (χ4n) is 1.52. The first-order chi connectivity index (χ1) is 4.60. The summed E-state index contributed by atoms with van der Waals surface area (Å²) >= 11 is 0. The van der Waals surface area contributed by atoms with E-state index >= 15 is 0 Å². The van der Waals surface area contributed by atoms with Gasteiger partial charge in [-0.15, -0.1) is 12.4 Å². The molecule has 1 saturated carbocycles. The summed E-state index contributed by atoms with van der Waals surface area (Å²) in [5.74, 6) is 0.925. The maximum atomic E-state index is 10.7. The van der Waals surface area contributed by atoms with Crippen molar-refractivity contribution in [3.8, 4) is 0 Å². The van der Waals surface area contributed by atoms with Crippen molar-refractivity contribution in [2.24, 2.45) is 17.1 Å². The molecule has 0 aliphatic heterocycles. The molecule has 0 atom stereocenters. The van der Waals surface area contributed by atoms with Crippen LogP contribution < -0.4 is 5.73 Å². The molecule has 0 unspecified atom stereocenters. The molecule has 1 fully saturated rings. The highest BCUT2D eigenvalue weighted by Crippen LogP contribution is 2.43. The standard InChI is InChI=1S/C8H15NO.ClH/c1-6(2)8(5-9)3-7(10)4-8;/h6H,3-5,9H2,1-2H3;1H. The number of ketones is 1. The number of carbonyl (C=O) groups excluding carboxylic acids is 1. The number of nitrogens with two attached hydrogens (primary N) is 1. The Bertz CT molecular complexity index is 148. The fraction of sp³-hybridized carbons (Fsp3) is 0.875. The maximum absolute atomic E-state index is 10.7. The summed E-state index contributed by atoms with van der Waals surface area (Å²) in [6, 6.07) is 0. The van der Waals surface area contributed by atoms with E-state index in [-0.39, 0.29) is 17.8 Å². The summed E-state index contributed by atoms with van der Waals surface area (Å²) in [4.78, 5) is 10.7. The van der Waals surface area contributed by atoms with E-state index in [0.29, 0.717) is 31.1 Å². The van der Waals surface area contributed by atoms with E-state index in [2.05, 4.69) is 13.8 Å². The molecule has 0 aromatic carbocycles. The second kappa shape index (κ2) is 3.55. The zero-order chi connectivity index (χ0) is 7.78. The molecule has 3 heteroatoms. The van der Waals surface area contributed by atoms with Gasteiger partial charge < -0.3 is 5.73 Å². The minimum absolute atomic E-state index is 0. The molecule has 0 bridgehead atoms. The lowest BCUT2D eigenvalue weighted by molar-refractivity contribution is -0.134. The highest BCUT2D eigenvalue weighted by molar-refractivity contribution is 5.86. The topological polar surface area (TPSA) is 43.1 Å². The van der Waals surface area contributed by atoms with Crippen LogP contribution in [-0.4, -0.2) is 12.3 Å². The average Bonchev–Trinajstić information content (AvgIpc) is 1.79. The normalized spacial score (nSPS) is 20.9. The van der Waals surface area contributed by atoms with Gasteiger partial charge in [0.2, 0.25) is 0 Å². The van der Waals surface area contributed by atoms with Crippen LogP contribution in [0.1, 0.15) is 26.7 Å². The third kappa shape index (κ3) is 1.74. The third-order valence-electron chi connectivity index (χ3n) is 2.73. The Balaban J connectivity index is 0.000001000. The molecule has 2 nitrogen and oxygen atoms in total. The first-order valence-electron chi connectivity index (χ1n) is 3.82. The van der Waals surface area contributed by atoms with Crippen molar-refractivity contribution in [1.29, 1.82) is 0 Å². The quantitative estimate of drug-likeness (QED) is 0.693. The van der Waals surface area contributed by atoms with Crippen LogP contribution in [0.5, 0.6) is 0 Å². The summed E-state index contributed by atoms with van der Waals surface area (Å²) in [6.45, 7) is 4.94. The summed E-state index contributed by atoms with van der Waals surface area (Å²) in [5, 5.41) is 0. The molecule has 0 spiro atoms. The van der Waals surface area contributed by atoms with E-state index in [4.69, 9.17) is 5.73 Å². The smallest absolute Gasteiger partial charge is 0.134 e. The number of Topliss-reactive ketones (excluding diaryl/α,β-unsaturated/α-hetero) is 1. The van der Waals surface area contributed by atoms with E-state index < -0.39 is 0 Å². The molecule has 0 radical (unpaired) electrons. The summed E-state index contributed by atoms with van der Waals surface area (Å²) in [6.07, 6.45) is 1.42. The number of hydrogen-bond donors (Lipinski definition) is 1. The van der Waals surface area contributed by atoms with E-state index in [9.17, 15) is 4.79 Å². The third-order valence-corrected chi connectivity index (χ3v) is 2.73. The van der Waals surface area contributed by atoms with Crippen molar-refractivity contribution < 1.29 is 4.79 Å². The number of carbonyl (C=O) groups is 1. The van der Waals surface area contributed by atoms with Crippen molar-refractivity contribution in [2.75, 3.05) is 6.54 Å². The van der Waals surface area contributed by atoms with Crippen LogP contribution in [0.15, 0.2) is 0 Å². The molecule has 11 heavy (non-hydrogen) atoms. The number of halogens is 1. The summed E-state index contributed by atoms with van der Waals surface area (Å²) < 4.78 is 0. The Morgan fingerprint density at radius 1 is 1.55 bits per heavy atom. The Kier molecular flexibility index (Phi) is 3.52. The Labute approximate surface area is 73.9 Å². The van der Waals surface area contributed by atoms with Gasteiger partial charge in [-0.05, 0) is 17.9 Å². The lowest BCUT2D eigenvalue weighted by atomic mass is 9.61. The number of hydrogen-bond acceptors (Lipinski definition) is 2. The van der Waals surface area contributed by atoms with E-state index in [1.165, 1.54) is 0 Å². The van der Waals surface area contributed by atoms with Crippen molar-refractivity contribution in [2.45, 2.75) is 26.7 Å². The van der Waals surface area contributed by atoms with Crippen LogP contribution in [0.25, 0.3) is 0 Å². The van der Waals surface area contributed by atoms with Crippen LogP contribution in [0, 0.1) is 11.3 Å². The fourth-order valence-corrected chi connectivity index (χ4v) is 1.52. The highest BCUT2D eigenvalue weighted by atomic mass is 35.5. The predicted molar refractivity (Wildman–Crippen MR) is 47.8 cm³/mol. The van der Waals surface area contributed by atoms with Crippen LogP contribution >= 0.6 is 12.4 Å². The second-order valence-corrected chi connectivity index (χ2v) is 3.61. The minimum atomic E-state index is 0. The Morgan fingerprint density at radius 2 is 2.00 bits per heavy atom. The van der Waals surface area contributed by atoms with Crippen LogP contribution in [0.4, 0.5) is 0 Å². The molecule has 0 amide bonds. The van der Waals surface area contributed by atoms with E-state index in [1.807, 2.05) is 0 Å². The van der Waals surface area contributed by atoms with Gasteiger partial charge in [0, 0.05) is 12.8 Å². The monoisotopic (exact) mass is 177 g/mol. The summed E-state index contributed by atoms with van der Waals surface area (Å²) in [5.41, 5.74) is 5.74. The molecule has 1 aliphatic carbocycles. The molecule has 0 heterocycles. The van der Waals surface area contributed by atoms with Crippen molar-refractivity contribution in [3.63, 3.8) is 0 Å². The lowest BCUT2D eigenvalue weighted by Gasteiger charge is -2.43. The first kappa shape index (κ1) is 10.9. The van der Waals surface area contributed by atoms with Gasteiger partial charge in [0.15, 0.2) is 0 Å². The average molecular weight is 178 g/mol. The highest BCUT2D eigenvalue weighted by Gasteiger charge is 2.44. The zero-order valence-electron chi connectivity index (χ0n) is 7.09. The largest absolute Gasteiger partial charge is 0.330 e. The molecule has 2 N–H and O–H groups in total.